The topological polar surface area (TPSA) is 169 Å². The fourth-order valence-corrected chi connectivity index (χ4v) is 6.32. The van der Waals surface area contributed by atoms with Gasteiger partial charge in [0.15, 0.2) is 12.0 Å². The predicted octanol–water partition coefficient (Wildman–Crippen LogP) is 1.07. The van der Waals surface area contributed by atoms with Crippen LogP contribution in [-0.4, -0.2) is 92.6 Å². The molecule has 3 rings (SSSR count). The maximum absolute atomic E-state index is 13.8. The third kappa shape index (κ3) is 8.23. The van der Waals surface area contributed by atoms with Gasteiger partial charge < -0.3 is 30.1 Å². The van der Waals surface area contributed by atoms with E-state index in [1.165, 1.54) is 12.0 Å². The molecule has 0 aromatic heterocycles. The van der Waals surface area contributed by atoms with Crippen molar-refractivity contribution in [3.05, 3.63) is 0 Å². The van der Waals surface area contributed by atoms with Gasteiger partial charge in [-0.15, -0.1) is 0 Å². The molecule has 0 aromatic carbocycles. The number of rotatable bonds is 12. The fourth-order valence-electron chi connectivity index (χ4n) is 5.65. The average Bonchev–Trinajstić information content (AvgIpc) is 3.59. The van der Waals surface area contributed by atoms with Gasteiger partial charge in [0.1, 0.15) is 12.1 Å². The summed E-state index contributed by atoms with van der Waals surface area (Å²) in [5.74, 6) is -1.12. The van der Waals surface area contributed by atoms with Gasteiger partial charge in [-0.05, 0) is 50.9 Å². The number of hydrogen-bond acceptors (Lipinski definition) is 8. The number of urea groups is 1. The molecule has 0 radical (unpaired) electrons. The van der Waals surface area contributed by atoms with Crippen LogP contribution in [0, 0.1) is 5.41 Å². The molecule has 0 bridgehead atoms. The quantitative estimate of drug-likeness (QED) is 0.195. The van der Waals surface area contributed by atoms with E-state index in [0.29, 0.717) is 32.2 Å². The van der Waals surface area contributed by atoms with Crippen LogP contribution >= 0.6 is 0 Å². The second kappa shape index (κ2) is 13.7. The molecule has 4 N–H and O–H groups in total. The molecule has 1 aliphatic heterocycles. The van der Waals surface area contributed by atoms with Crippen molar-refractivity contribution in [2.75, 3.05) is 20.2 Å². The zero-order chi connectivity index (χ0) is 29.7. The van der Waals surface area contributed by atoms with Crippen LogP contribution in [0.1, 0.15) is 85.5 Å². The Labute approximate surface area is 239 Å². The number of carbonyl (C=O) groups is 4. The lowest BCUT2D eigenvalue weighted by atomic mass is 9.79. The van der Waals surface area contributed by atoms with Crippen molar-refractivity contribution in [1.82, 2.24) is 26.2 Å². The molecule has 2 aliphatic carbocycles. The standard InChI is InChI=1S/C27H47N5O7S/c1-17(40(37)38)27(13-7-6-8-14-27)31-25(36)30-21(26(2,3)4)24(35)32-15-9-10-19(32)22(34)28-16-20(33)23(39-5)29-18-11-12-18/h17-19,21,23,29H,6-16H2,1-5H3,(H,28,34)(H,37,38)(H2,30,31,36)/p-1/t17-,19-,21+,23?/m0/s1. The van der Waals surface area contributed by atoms with Crippen molar-refractivity contribution in [1.29, 1.82) is 0 Å². The summed E-state index contributed by atoms with van der Waals surface area (Å²) in [6.07, 6.45) is 5.88. The maximum atomic E-state index is 13.8. The summed E-state index contributed by atoms with van der Waals surface area (Å²) in [5, 5.41) is 10.7. The van der Waals surface area contributed by atoms with Gasteiger partial charge in [0, 0.05) is 24.9 Å². The highest BCUT2D eigenvalue weighted by atomic mass is 32.2. The van der Waals surface area contributed by atoms with Crippen molar-refractivity contribution in [2.45, 2.75) is 121 Å². The highest BCUT2D eigenvalue weighted by Crippen LogP contribution is 2.33. The Morgan fingerprint density at radius 1 is 1.07 bits per heavy atom. The normalized spacial score (nSPS) is 23.9. The Morgan fingerprint density at radius 3 is 2.27 bits per heavy atom. The Morgan fingerprint density at radius 2 is 1.73 bits per heavy atom. The van der Waals surface area contributed by atoms with Crippen molar-refractivity contribution in [3.63, 3.8) is 0 Å². The molecular formula is C27H46N5O7S-. The van der Waals surface area contributed by atoms with E-state index in [0.717, 1.165) is 32.1 Å². The summed E-state index contributed by atoms with van der Waals surface area (Å²) in [5.41, 5.74) is -1.60. The predicted molar refractivity (Wildman–Crippen MR) is 149 cm³/mol. The summed E-state index contributed by atoms with van der Waals surface area (Å²) in [4.78, 5) is 54.1. The smallest absolute Gasteiger partial charge is 0.315 e. The van der Waals surface area contributed by atoms with Crippen LogP contribution in [0.5, 0.6) is 0 Å². The molecule has 0 aromatic rings. The van der Waals surface area contributed by atoms with Crippen molar-refractivity contribution < 1.29 is 32.7 Å². The third-order valence-electron chi connectivity index (χ3n) is 8.33. The van der Waals surface area contributed by atoms with E-state index in [1.54, 1.807) is 6.92 Å². The van der Waals surface area contributed by atoms with Crippen molar-refractivity contribution in [2.24, 2.45) is 5.41 Å². The van der Waals surface area contributed by atoms with Crippen LogP contribution < -0.4 is 21.3 Å². The number of carbonyl (C=O) groups excluding carboxylic acids is 4. The summed E-state index contributed by atoms with van der Waals surface area (Å²) < 4.78 is 28.9. The van der Waals surface area contributed by atoms with Crippen LogP contribution in [0.25, 0.3) is 0 Å². The van der Waals surface area contributed by atoms with E-state index >= 15 is 0 Å². The minimum atomic E-state index is -2.37. The molecule has 1 saturated heterocycles. The van der Waals surface area contributed by atoms with Gasteiger partial charge in [-0.25, -0.2) is 4.79 Å². The Bertz CT molecular complexity index is 961. The van der Waals surface area contributed by atoms with Crippen LogP contribution in [0.15, 0.2) is 0 Å². The van der Waals surface area contributed by atoms with Crippen molar-refractivity contribution in [3.8, 4) is 0 Å². The molecule has 4 amide bonds. The average molecular weight is 585 g/mol. The number of Topliss-reactive ketones (excluding diaryl/α,β-unsaturated/α-hetero) is 1. The molecule has 5 atom stereocenters. The van der Waals surface area contributed by atoms with Gasteiger partial charge in [0.05, 0.1) is 12.1 Å². The lowest BCUT2D eigenvalue weighted by molar-refractivity contribution is -0.142. The zero-order valence-electron chi connectivity index (χ0n) is 24.4. The van der Waals surface area contributed by atoms with Crippen LogP contribution in [0.4, 0.5) is 4.79 Å². The minimum Gasteiger partial charge on any atom is -0.772 e. The first-order valence-corrected chi connectivity index (χ1v) is 15.5. The van der Waals surface area contributed by atoms with Gasteiger partial charge in [-0.1, -0.05) is 51.1 Å². The molecule has 0 spiro atoms. The summed E-state index contributed by atoms with van der Waals surface area (Å²) >= 11 is -2.37. The van der Waals surface area contributed by atoms with Crippen LogP contribution in [-0.2, 0) is 30.2 Å². The van der Waals surface area contributed by atoms with E-state index in [-0.39, 0.29) is 18.4 Å². The SMILES string of the molecule is COC(NC1CC1)C(=O)CNC(=O)[C@@H]1CCCN1C(=O)[C@@H](NC(=O)NC1([C@H](C)S(=O)[O-])CCCCC1)C(C)(C)C. The number of ether oxygens (including phenoxy) is 1. The second-order valence-electron chi connectivity index (χ2n) is 12.4. The number of hydrogen-bond donors (Lipinski definition) is 4. The summed E-state index contributed by atoms with van der Waals surface area (Å²) in [6, 6.07) is -2.07. The second-order valence-corrected chi connectivity index (χ2v) is 13.7. The van der Waals surface area contributed by atoms with Gasteiger partial charge in [0.2, 0.25) is 11.8 Å². The number of nitrogens with zero attached hydrogens (tertiary/aromatic N) is 1. The van der Waals surface area contributed by atoms with Crippen LogP contribution in [0.2, 0.25) is 0 Å². The van der Waals surface area contributed by atoms with Gasteiger partial charge in [-0.3, -0.25) is 23.9 Å². The van der Waals surface area contributed by atoms with E-state index in [4.69, 9.17) is 4.74 Å². The van der Waals surface area contributed by atoms with Gasteiger partial charge in [-0.2, -0.15) is 0 Å². The van der Waals surface area contributed by atoms with Crippen molar-refractivity contribution >= 4 is 34.7 Å². The number of methoxy groups -OCH3 is 1. The molecule has 2 saturated carbocycles. The Kier molecular flexibility index (Phi) is 11.1. The van der Waals surface area contributed by atoms with Gasteiger partial charge >= 0.3 is 6.03 Å². The molecule has 2 unspecified atom stereocenters. The summed E-state index contributed by atoms with van der Waals surface area (Å²) in [7, 11) is 1.43. The van der Waals surface area contributed by atoms with Crippen LogP contribution in [0.3, 0.4) is 0 Å². The highest BCUT2D eigenvalue weighted by molar-refractivity contribution is 7.79. The molecule has 40 heavy (non-hydrogen) atoms. The molecular weight excluding hydrogens is 538 g/mol. The Hall–Kier alpha value is -2.09. The largest absolute Gasteiger partial charge is 0.772 e. The van der Waals surface area contributed by atoms with E-state index in [1.807, 2.05) is 20.8 Å². The maximum Gasteiger partial charge on any atom is 0.315 e. The Balaban J connectivity index is 1.66. The summed E-state index contributed by atoms with van der Waals surface area (Å²) in [6.45, 7) is 7.19. The minimum absolute atomic E-state index is 0.222. The monoisotopic (exact) mass is 584 g/mol. The molecule has 3 fully saturated rings. The molecule has 3 aliphatic rings. The molecule has 1 heterocycles. The van der Waals surface area contributed by atoms with Gasteiger partial charge in [0.25, 0.3) is 0 Å². The molecule has 228 valence electrons. The molecule has 13 heteroatoms. The number of ketones is 1. The zero-order valence-corrected chi connectivity index (χ0v) is 25.2. The number of likely N-dealkylation sites (tertiary alicyclic amines) is 1. The van der Waals surface area contributed by atoms with E-state index in [9.17, 15) is 27.9 Å². The lowest BCUT2D eigenvalue weighted by Gasteiger charge is -2.44. The first kappa shape index (κ1) is 32.4. The van der Waals surface area contributed by atoms with E-state index in [2.05, 4.69) is 21.3 Å². The van der Waals surface area contributed by atoms with E-state index < -0.39 is 63.4 Å². The highest BCUT2D eigenvalue weighted by Gasteiger charge is 2.44. The third-order valence-corrected chi connectivity index (χ3v) is 9.36. The first-order valence-electron chi connectivity index (χ1n) is 14.4. The first-order chi connectivity index (χ1) is 18.8. The lowest BCUT2D eigenvalue weighted by Crippen LogP contribution is -2.64. The number of nitrogens with one attached hydrogen (secondary N) is 4. The number of amides is 4. The molecule has 12 nitrogen and oxygen atoms in total. The fraction of sp³-hybridized carbons (Fsp3) is 0.852.